The van der Waals surface area contributed by atoms with Gasteiger partial charge in [-0.05, 0) is 53.3 Å². The molecule has 0 radical (unpaired) electrons. The van der Waals surface area contributed by atoms with Crippen molar-refractivity contribution in [2.45, 2.75) is 18.3 Å². The fourth-order valence-electron chi connectivity index (χ4n) is 7.30. The van der Waals surface area contributed by atoms with Crippen molar-refractivity contribution >= 4 is 16.5 Å². The zero-order valence-corrected chi connectivity index (χ0v) is 22.9. The summed E-state index contributed by atoms with van der Waals surface area (Å²) in [7, 11) is 0. The van der Waals surface area contributed by atoms with E-state index in [2.05, 4.69) is 115 Å². The van der Waals surface area contributed by atoms with Crippen LogP contribution < -0.4 is 4.74 Å². The van der Waals surface area contributed by atoms with Gasteiger partial charge in [0.2, 0.25) is 0 Å². The predicted molar refractivity (Wildman–Crippen MR) is 169 cm³/mol. The summed E-state index contributed by atoms with van der Waals surface area (Å²) < 4.78 is 6.72. The number of benzene rings is 5. The van der Waals surface area contributed by atoms with Crippen LogP contribution in [-0.2, 0) is 5.41 Å². The minimum atomic E-state index is -0.426. The van der Waals surface area contributed by atoms with Gasteiger partial charge < -0.3 is 4.74 Å². The SMILES string of the molecule is C1=CC2=C(CC1)c1ccccc1C21c2ccccc2Oc2cc(-c3nc(-c4ccccc4)c4ccccc4n3)ccc21. The molecule has 1 spiro atoms. The molecule has 0 bridgehead atoms. The average Bonchev–Trinajstić information content (AvgIpc) is 3.35. The van der Waals surface area contributed by atoms with E-state index in [9.17, 15) is 0 Å². The molecule has 5 aromatic carbocycles. The van der Waals surface area contributed by atoms with Gasteiger partial charge in [-0.3, -0.25) is 0 Å². The summed E-state index contributed by atoms with van der Waals surface area (Å²) in [6.45, 7) is 0. The number of fused-ring (bicyclic) bond motifs is 9. The Bertz CT molecular complexity index is 2120. The van der Waals surface area contributed by atoms with Gasteiger partial charge in [0.1, 0.15) is 11.5 Å². The van der Waals surface area contributed by atoms with Crippen LogP contribution in [0, 0.1) is 0 Å². The summed E-state index contributed by atoms with van der Waals surface area (Å²) in [6, 6.07) is 42.6. The van der Waals surface area contributed by atoms with Crippen molar-refractivity contribution in [3.8, 4) is 34.1 Å². The number of para-hydroxylation sites is 2. The van der Waals surface area contributed by atoms with Crippen LogP contribution in [0.5, 0.6) is 11.5 Å². The molecule has 0 saturated heterocycles. The van der Waals surface area contributed by atoms with Gasteiger partial charge in [0.25, 0.3) is 0 Å². The molecule has 2 heterocycles. The average molecular weight is 539 g/mol. The number of hydrogen-bond acceptors (Lipinski definition) is 3. The summed E-state index contributed by atoms with van der Waals surface area (Å²) in [5.74, 6) is 2.44. The highest BCUT2D eigenvalue weighted by Crippen LogP contribution is 2.62. The predicted octanol–water partition coefficient (Wildman–Crippen LogP) is 9.52. The Hall–Kier alpha value is -5.28. The molecule has 3 nitrogen and oxygen atoms in total. The fourth-order valence-corrected chi connectivity index (χ4v) is 7.30. The first-order valence-electron chi connectivity index (χ1n) is 14.6. The highest BCUT2D eigenvalue weighted by atomic mass is 16.5. The lowest BCUT2D eigenvalue weighted by Crippen LogP contribution is -2.33. The molecule has 1 aromatic heterocycles. The number of ether oxygens (including phenoxy) is 1. The number of allylic oxidation sites excluding steroid dienone is 4. The maximum atomic E-state index is 6.72. The van der Waals surface area contributed by atoms with E-state index in [4.69, 9.17) is 14.7 Å². The zero-order valence-electron chi connectivity index (χ0n) is 22.9. The summed E-state index contributed by atoms with van der Waals surface area (Å²) in [4.78, 5) is 10.2. The van der Waals surface area contributed by atoms with Crippen LogP contribution in [0.25, 0.3) is 39.1 Å². The molecule has 0 amide bonds. The molecular formula is C39H26N2O. The van der Waals surface area contributed by atoms with E-state index in [1.54, 1.807) is 0 Å². The second kappa shape index (κ2) is 8.86. The van der Waals surface area contributed by atoms with Crippen LogP contribution >= 0.6 is 0 Å². The Balaban J connectivity index is 1.30. The topological polar surface area (TPSA) is 35.0 Å². The van der Waals surface area contributed by atoms with Crippen LogP contribution in [0.1, 0.15) is 35.1 Å². The molecule has 9 rings (SSSR count). The van der Waals surface area contributed by atoms with Crippen LogP contribution in [0.4, 0.5) is 0 Å². The molecule has 3 heteroatoms. The molecule has 42 heavy (non-hydrogen) atoms. The second-order valence-corrected chi connectivity index (χ2v) is 11.2. The molecule has 3 aliphatic rings. The first-order valence-corrected chi connectivity index (χ1v) is 14.6. The standard InChI is InChI=1S/C39H26N2O/c1-2-12-25(13-3-1)37-29-16-6-10-20-34(29)40-38(41-37)26-22-23-33-36(24-26)42-35-21-11-9-19-32(35)39(33)30-17-7-4-14-27(30)28-15-5-8-18-31(28)39/h1-4,6-14,16-24H,5,15H2. The first kappa shape index (κ1) is 23.4. The zero-order chi connectivity index (χ0) is 27.7. The molecule has 2 aliphatic carbocycles. The molecular weight excluding hydrogens is 512 g/mol. The van der Waals surface area contributed by atoms with Crippen molar-refractivity contribution in [2.24, 2.45) is 0 Å². The molecule has 1 unspecified atom stereocenters. The molecule has 0 fully saturated rings. The van der Waals surface area contributed by atoms with Crippen LogP contribution in [-0.4, -0.2) is 9.97 Å². The van der Waals surface area contributed by atoms with Gasteiger partial charge in [-0.15, -0.1) is 0 Å². The molecule has 1 aliphatic heterocycles. The van der Waals surface area contributed by atoms with E-state index in [0.717, 1.165) is 57.6 Å². The van der Waals surface area contributed by atoms with E-state index < -0.39 is 5.41 Å². The van der Waals surface area contributed by atoms with Gasteiger partial charge in [0, 0.05) is 27.6 Å². The Morgan fingerprint density at radius 3 is 2.31 bits per heavy atom. The lowest BCUT2D eigenvalue weighted by atomic mass is 9.64. The Kier molecular flexibility index (Phi) is 4.94. The lowest BCUT2D eigenvalue weighted by Gasteiger charge is -2.40. The third-order valence-corrected chi connectivity index (χ3v) is 9.04. The van der Waals surface area contributed by atoms with Crippen molar-refractivity contribution in [1.82, 2.24) is 9.97 Å². The molecule has 6 aromatic rings. The quantitative estimate of drug-likeness (QED) is 0.220. The number of aromatic nitrogens is 2. The van der Waals surface area contributed by atoms with Crippen LogP contribution in [0.2, 0.25) is 0 Å². The maximum Gasteiger partial charge on any atom is 0.160 e. The van der Waals surface area contributed by atoms with Gasteiger partial charge in [-0.25, -0.2) is 9.97 Å². The normalized spacial score (nSPS) is 17.9. The van der Waals surface area contributed by atoms with E-state index in [0.29, 0.717) is 5.82 Å². The molecule has 0 saturated carbocycles. The minimum Gasteiger partial charge on any atom is -0.457 e. The Labute approximate surface area is 244 Å². The van der Waals surface area contributed by atoms with Gasteiger partial charge in [0.15, 0.2) is 5.82 Å². The molecule has 0 N–H and O–H groups in total. The van der Waals surface area contributed by atoms with Crippen LogP contribution in [0.3, 0.4) is 0 Å². The van der Waals surface area contributed by atoms with Gasteiger partial charge in [-0.2, -0.15) is 0 Å². The number of nitrogens with zero attached hydrogens (tertiary/aromatic N) is 2. The van der Waals surface area contributed by atoms with Crippen molar-refractivity contribution in [3.05, 3.63) is 161 Å². The second-order valence-electron chi connectivity index (χ2n) is 11.2. The third kappa shape index (κ3) is 3.16. The molecule has 198 valence electrons. The van der Waals surface area contributed by atoms with Gasteiger partial charge in [0.05, 0.1) is 16.6 Å². The highest BCUT2D eigenvalue weighted by molar-refractivity contribution is 5.94. The summed E-state index contributed by atoms with van der Waals surface area (Å²) in [6.07, 6.45) is 6.80. The Morgan fingerprint density at radius 1 is 0.619 bits per heavy atom. The van der Waals surface area contributed by atoms with Crippen molar-refractivity contribution in [2.75, 3.05) is 0 Å². The lowest BCUT2D eigenvalue weighted by molar-refractivity contribution is 0.436. The summed E-state index contributed by atoms with van der Waals surface area (Å²) in [5, 5.41) is 1.04. The van der Waals surface area contributed by atoms with E-state index >= 15 is 0 Å². The van der Waals surface area contributed by atoms with Crippen molar-refractivity contribution in [1.29, 1.82) is 0 Å². The van der Waals surface area contributed by atoms with Gasteiger partial charge >= 0.3 is 0 Å². The fraction of sp³-hybridized carbons (Fsp3) is 0.0769. The minimum absolute atomic E-state index is 0.426. The van der Waals surface area contributed by atoms with E-state index in [1.807, 2.05) is 18.2 Å². The maximum absolute atomic E-state index is 6.72. The largest absolute Gasteiger partial charge is 0.457 e. The van der Waals surface area contributed by atoms with E-state index in [-0.39, 0.29) is 0 Å². The van der Waals surface area contributed by atoms with Crippen molar-refractivity contribution in [3.63, 3.8) is 0 Å². The number of hydrogen-bond donors (Lipinski definition) is 0. The van der Waals surface area contributed by atoms with Crippen LogP contribution in [0.15, 0.2) is 139 Å². The van der Waals surface area contributed by atoms with Gasteiger partial charge in [-0.1, -0.05) is 115 Å². The summed E-state index contributed by atoms with van der Waals surface area (Å²) in [5.41, 5.74) is 11.3. The first-order chi connectivity index (χ1) is 20.8. The smallest absolute Gasteiger partial charge is 0.160 e. The highest BCUT2D eigenvalue weighted by Gasteiger charge is 2.51. The summed E-state index contributed by atoms with van der Waals surface area (Å²) >= 11 is 0. The third-order valence-electron chi connectivity index (χ3n) is 9.04. The Morgan fingerprint density at radius 2 is 1.38 bits per heavy atom. The monoisotopic (exact) mass is 538 g/mol. The number of rotatable bonds is 2. The van der Waals surface area contributed by atoms with Crippen molar-refractivity contribution < 1.29 is 4.74 Å². The molecule has 1 atom stereocenters. The van der Waals surface area contributed by atoms with E-state index in [1.165, 1.54) is 27.8 Å².